The van der Waals surface area contributed by atoms with E-state index in [-0.39, 0.29) is 13.0 Å². The van der Waals surface area contributed by atoms with Crippen molar-refractivity contribution >= 4 is 27.3 Å². The second-order valence-electron chi connectivity index (χ2n) is 8.22. The molecule has 10 heteroatoms. The zero-order chi connectivity index (χ0) is 24.0. The minimum absolute atomic E-state index is 0.0548. The molecule has 0 bridgehead atoms. The normalized spacial score (nSPS) is 15.8. The second-order valence-corrected chi connectivity index (χ2v) is 10.1. The number of rotatable bonds is 10. The number of nitrogens with zero attached hydrogens (tertiary/aromatic N) is 3. The van der Waals surface area contributed by atoms with Crippen molar-refractivity contribution in [3.63, 3.8) is 0 Å². The molecular weight excluding hydrogens is 444 g/mol. The van der Waals surface area contributed by atoms with E-state index in [1.165, 1.54) is 4.31 Å². The number of β-amino-alcohol motifs (C(OH)–C–C–N with tert-alkyl or cyclic N) is 1. The third kappa shape index (κ3) is 6.83. The number of ether oxygens (including phenoxy) is 1. The van der Waals surface area contributed by atoms with Gasteiger partial charge in [-0.05, 0) is 29.8 Å². The van der Waals surface area contributed by atoms with Crippen LogP contribution < -0.4 is 19.7 Å². The molecule has 0 spiro atoms. The van der Waals surface area contributed by atoms with Gasteiger partial charge in [-0.2, -0.15) is 0 Å². The number of primary amides is 1. The first-order valence-corrected chi connectivity index (χ1v) is 12.7. The first kappa shape index (κ1) is 24.8. The number of benzene rings is 2. The number of para-hydroxylation sites is 2. The largest absolute Gasteiger partial charge is 0.495 e. The van der Waals surface area contributed by atoms with Crippen LogP contribution in [0.5, 0.6) is 5.75 Å². The number of carbonyl (C=O) groups excluding carboxylic acids is 1. The van der Waals surface area contributed by atoms with Crippen LogP contribution in [0.15, 0.2) is 48.5 Å². The van der Waals surface area contributed by atoms with Crippen molar-refractivity contribution < 1.29 is 23.1 Å². The summed E-state index contributed by atoms with van der Waals surface area (Å²) in [4.78, 5) is 15.5. The van der Waals surface area contributed by atoms with Crippen molar-refractivity contribution in [2.75, 3.05) is 61.8 Å². The fourth-order valence-corrected chi connectivity index (χ4v) is 4.97. The molecule has 0 aromatic heterocycles. The molecule has 1 heterocycles. The highest BCUT2D eigenvalue weighted by Crippen LogP contribution is 2.28. The van der Waals surface area contributed by atoms with Crippen LogP contribution in [0.4, 0.5) is 11.4 Å². The highest BCUT2D eigenvalue weighted by atomic mass is 32.2. The van der Waals surface area contributed by atoms with Crippen LogP contribution in [0, 0.1) is 0 Å². The molecule has 1 saturated heterocycles. The number of aliphatic hydroxyl groups excluding tert-OH is 1. The predicted octanol–water partition coefficient (Wildman–Crippen LogP) is 0.672. The lowest BCUT2D eigenvalue weighted by Gasteiger charge is -2.37. The SMILES string of the molecule is COc1ccccc1N1CCN(CC(O)CN(c2ccc(CC(N)=O)cc2)S(C)(=O)=O)CC1. The van der Waals surface area contributed by atoms with Gasteiger partial charge in [-0.15, -0.1) is 0 Å². The van der Waals surface area contributed by atoms with Gasteiger partial charge in [0.05, 0.1) is 43.8 Å². The molecule has 180 valence electrons. The Morgan fingerprint density at radius 3 is 2.33 bits per heavy atom. The van der Waals surface area contributed by atoms with E-state index < -0.39 is 22.0 Å². The van der Waals surface area contributed by atoms with Crippen molar-refractivity contribution in [2.24, 2.45) is 5.73 Å². The molecule has 0 aliphatic carbocycles. The summed E-state index contributed by atoms with van der Waals surface area (Å²) in [6.07, 6.45) is 0.342. The minimum atomic E-state index is -3.60. The third-order valence-corrected chi connectivity index (χ3v) is 6.81. The van der Waals surface area contributed by atoms with E-state index in [0.717, 1.165) is 43.9 Å². The van der Waals surface area contributed by atoms with Gasteiger partial charge in [0, 0.05) is 32.7 Å². The number of methoxy groups -OCH3 is 1. The van der Waals surface area contributed by atoms with Crippen LogP contribution in [0.2, 0.25) is 0 Å². The van der Waals surface area contributed by atoms with E-state index in [0.29, 0.717) is 17.8 Å². The van der Waals surface area contributed by atoms with E-state index in [2.05, 4.69) is 9.80 Å². The van der Waals surface area contributed by atoms with Crippen LogP contribution in [-0.4, -0.2) is 83.1 Å². The zero-order valence-electron chi connectivity index (χ0n) is 19.1. The van der Waals surface area contributed by atoms with Crippen molar-refractivity contribution in [2.45, 2.75) is 12.5 Å². The van der Waals surface area contributed by atoms with Gasteiger partial charge in [0.25, 0.3) is 0 Å². The second kappa shape index (κ2) is 10.9. The summed E-state index contributed by atoms with van der Waals surface area (Å²) >= 11 is 0. The molecule has 3 N–H and O–H groups in total. The number of carbonyl (C=O) groups is 1. The maximum atomic E-state index is 12.4. The number of sulfonamides is 1. The third-order valence-electron chi connectivity index (χ3n) is 5.65. The van der Waals surface area contributed by atoms with Crippen LogP contribution in [0.3, 0.4) is 0 Å². The van der Waals surface area contributed by atoms with Gasteiger partial charge in [-0.3, -0.25) is 14.0 Å². The molecule has 33 heavy (non-hydrogen) atoms. The summed E-state index contributed by atoms with van der Waals surface area (Å²) in [5.74, 6) is 0.376. The van der Waals surface area contributed by atoms with Gasteiger partial charge in [-0.25, -0.2) is 8.42 Å². The highest BCUT2D eigenvalue weighted by molar-refractivity contribution is 7.92. The Morgan fingerprint density at radius 2 is 1.76 bits per heavy atom. The minimum Gasteiger partial charge on any atom is -0.495 e. The van der Waals surface area contributed by atoms with E-state index in [4.69, 9.17) is 10.5 Å². The Hall–Kier alpha value is -2.82. The summed E-state index contributed by atoms with van der Waals surface area (Å²) < 4.78 is 31.4. The van der Waals surface area contributed by atoms with Crippen molar-refractivity contribution in [3.05, 3.63) is 54.1 Å². The number of piperazine rings is 1. The van der Waals surface area contributed by atoms with Gasteiger partial charge in [-0.1, -0.05) is 24.3 Å². The monoisotopic (exact) mass is 476 g/mol. The van der Waals surface area contributed by atoms with Gasteiger partial charge in [0.2, 0.25) is 15.9 Å². The van der Waals surface area contributed by atoms with Crippen LogP contribution in [-0.2, 0) is 21.2 Å². The average Bonchev–Trinajstić information content (AvgIpc) is 2.77. The van der Waals surface area contributed by atoms with E-state index in [1.54, 1.807) is 31.4 Å². The van der Waals surface area contributed by atoms with E-state index in [1.807, 2.05) is 24.3 Å². The van der Waals surface area contributed by atoms with Crippen molar-refractivity contribution in [3.8, 4) is 5.75 Å². The van der Waals surface area contributed by atoms with Gasteiger partial charge in [0.1, 0.15) is 5.75 Å². The summed E-state index contributed by atoms with van der Waals surface area (Å²) in [6.45, 7) is 3.37. The molecule has 3 rings (SSSR count). The predicted molar refractivity (Wildman–Crippen MR) is 129 cm³/mol. The fourth-order valence-electron chi connectivity index (χ4n) is 4.02. The number of hydrogen-bond donors (Lipinski definition) is 2. The average molecular weight is 477 g/mol. The molecular formula is C23H32N4O5S. The van der Waals surface area contributed by atoms with Gasteiger partial charge < -0.3 is 20.5 Å². The topological polar surface area (TPSA) is 116 Å². The molecule has 0 saturated carbocycles. The summed E-state index contributed by atoms with van der Waals surface area (Å²) in [6, 6.07) is 14.5. The standard InChI is InChI=1S/C23H32N4O5S/c1-32-22-6-4-3-5-21(22)26-13-11-25(12-14-26)16-20(28)17-27(33(2,30)31)19-9-7-18(8-10-19)15-23(24)29/h3-10,20,28H,11-17H2,1-2H3,(H2,24,29). The lowest BCUT2D eigenvalue weighted by molar-refractivity contribution is -0.117. The number of nitrogens with two attached hydrogens (primary N) is 1. The molecule has 0 radical (unpaired) electrons. The smallest absolute Gasteiger partial charge is 0.232 e. The lowest BCUT2D eigenvalue weighted by Crippen LogP contribution is -2.50. The molecule has 2 aromatic rings. The van der Waals surface area contributed by atoms with Crippen molar-refractivity contribution in [1.29, 1.82) is 0 Å². The molecule has 1 aliphatic rings. The Labute approximate surface area is 195 Å². The van der Waals surface area contributed by atoms with Gasteiger partial charge >= 0.3 is 0 Å². The number of anilines is 2. The number of aliphatic hydroxyl groups is 1. The maximum Gasteiger partial charge on any atom is 0.232 e. The van der Waals surface area contributed by atoms with E-state index >= 15 is 0 Å². The lowest BCUT2D eigenvalue weighted by atomic mass is 10.1. The summed E-state index contributed by atoms with van der Waals surface area (Å²) in [7, 11) is -1.94. The van der Waals surface area contributed by atoms with Crippen LogP contribution in [0.25, 0.3) is 0 Å². The quantitative estimate of drug-likeness (QED) is 0.518. The Kier molecular flexibility index (Phi) is 8.17. The van der Waals surface area contributed by atoms with Crippen LogP contribution >= 0.6 is 0 Å². The first-order valence-electron chi connectivity index (χ1n) is 10.8. The molecule has 1 atom stereocenters. The molecule has 1 unspecified atom stereocenters. The molecule has 1 amide bonds. The zero-order valence-corrected chi connectivity index (χ0v) is 19.9. The van der Waals surface area contributed by atoms with Crippen LogP contribution in [0.1, 0.15) is 5.56 Å². The Morgan fingerprint density at radius 1 is 1.12 bits per heavy atom. The molecule has 1 aliphatic heterocycles. The summed E-state index contributed by atoms with van der Waals surface area (Å²) in [5.41, 5.74) is 7.39. The van der Waals surface area contributed by atoms with Gasteiger partial charge in [0.15, 0.2) is 0 Å². The summed E-state index contributed by atoms with van der Waals surface area (Å²) in [5, 5.41) is 10.7. The Balaban J connectivity index is 1.59. The van der Waals surface area contributed by atoms with E-state index in [9.17, 15) is 18.3 Å². The van der Waals surface area contributed by atoms with Crippen molar-refractivity contribution in [1.82, 2.24) is 4.90 Å². The highest BCUT2D eigenvalue weighted by Gasteiger charge is 2.25. The number of amides is 1. The first-order chi connectivity index (χ1) is 15.7. The molecule has 1 fully saturated rings. The Bertz CT molecular complexity index is 1040. The maximum absolute atomic E-state index is 12.4. The molecule has 9 nitrogen and oxygen atoms in total. The molecule has 2 aromatic carbocycles. The fraction of sp³-hybridized carbons (Fsp3) is 0.435. The number of hydrogen-bond acceptors (Lipinski definition) is 7.